The van der Waals surface area contributed by atoms with Gasteiger partial charge in [0.2, 0.25) is 0 Å². The zero-order chi connectivity index (χ0) is 23.9. The number of nitrogens with zero attached hydrogens (tertiary/aromatic N) is 3. The van der Waals surface area contributed by atoms with Gasteiger partial charge in [0.25, 0.3) is 5.69 Å². The number of halogens is 1. The molecule has 0 saturated carbocycles. The van der Waals surface area contributed by atoms with Crippen LogP contribution >= 0.6 is 11.6 Å². The third kappa shape index (κ3) is 4.21. The number of non-ortho nitro benzene ring substituents is 1. The fraction of sp³-hybridized carbons (Fsp3) is 0.250. The lowest BCUT2D eigenvalue weighted by Crippen LogP contribution is -2.44. The normalized spacial score (nSPS) is 14.9. The van der Waals surface area contributed by atoms with Crippen molar-refractivity contribution in [3.63, 3.8) is 0 Å². The number of likely N-dealkylation sites (N-methyl/N-ethyl adjacent to an activating group) is 1. The molecule has 4 rings (SSSR count). The van der Waals surface area contributed by atoms with Crippen LogP contribution in [0.4, 0.5) is 11.4 Å². The van der Waals surface area contributed by atoms with Crippen molar-refractivity contribution in [2.45, 2.75) is 33.2 Å². The number of carbonyl (C=O) groups excluding carboxylic acids is 1. The van der Waals surface area contributed by atoms with Crippen molar-refractivity contribution in [2.24, 2.45) is 5.10 Å². The molecular weight excluding hydrogens is 444 g/mol. The summed E-state index contributed by atoms with van der Waals surface area (Å²) in [7, 11) is 0. The Labute approximate surface area is 195 Å². The zero-order valence-electron chi connectivity index (χ0n) is 18.7. The van der Waals surface area contributed by atoms with Gasteiger partial charge in [0, 0.05) is 40.9 Å². The van der Waals surface area contributed by atoms with Crippen molar-refractivity contribution in [3.05, 3.63) is 74.5 Å². The predicted molar refractivity (Wildman–Crippen MR) is 130 cm³/mol. The molecule has 3 aromatic rings. The van der Waals surface area contributed by atoms with Crippen LogP contribution < -0.4 is 10.3 Å². The van der Waals surface area contributed by atoms with Crippen molar-refractivity contribution >= 4 is 51.6 Å². The minimum atomic E-state index is -0.575. The maximum Gasteiger partial charge on any atom is 0.307 e. The van der Waals surface area contributed by atoms with Crippen LogP contribution in [0.5, 0.6) is 0 Å². The summed E-state index contributed by atoms with van der Waals surface area (Å²) in [5.41, 5.74) is 6.52. The third-order valence-electron chi connectivity index (χ3n) is 5.72. The summed E-state index contributed by atoms with van der Waals surface area (Å²) in [5.74, 6) is -0.576. The smallest absolute Gasteiger partial charge is 0.307 e. The second kappa shape index (κ2) is 8.37. The number of hydrogen-bond donors (Lipinski definition) is 1. The number of anilines is 1. The van der Waals surface area contributed by atoms with Crippen LogP contribution in [0.1, 0.15) is 49.4 Å². The Morgan fingerprint density at radius 2 is 2.06 bits per heavy atom. The van der Waals surface area contributed by atoms with E-state index in [0.29, 0.717) is 21.6 Å². The number of benzene rings is 2. The quantitative estimate of drug-likeness (QED) is 0.292. The summed E-state index contributed by atoms with van der Waals surface area (Å²) >= 11 is 6.53. The van der Waals surface area contributed by atoms with E-state index >= 15 is 0 Å². The number of rotatable bonds is 5. The van der Waals surface area contributed by atoms with E-state index in [1.165, 1.54) is 30.5 Å². The molecule has 0 aliphatic carbocycles. The van der Waals surface area contributed by atoms with Gasteiger partial charge in [-0.15, -0.1) is 0 Å². The monoisotopic (exact) mass is 466 g/mol. The summed E-state index contributed by atoms with van der Waals surface area (Å²) in [4.78, 5) is 25.2. The van der Waals surface area contributed by atoms with Gasteiger partial charge in [-0.2, -0.15) is 5.10 Å². The molecule has 170 valence electrons. The average Bonchev–Trinajstić information content (AvgIpc) is 3.17. The first-order valence-electron chi connectivity index (χ1n) is 10.4. The number of fused-ring (bicyclic) bond motifs is 2. The van der Waals surface area contributed by atoms with Crippen molar-refractivity contribution in [2.75, 3.05) is 11.4 Å². The molecule has 2 aromatic carbocycles. The van der Waals surface area contributed by atoms with Gasteiger partial charge in [-0.25, -0.2) is 5.43 Å². The van der Waals surface area contributed by atoms with Crippen LogP contribution in [0.25, 0.3) is 16.5 Å². The van der Waals surface area contributed by atoms with Crippen LogP contribution in [0.2, 0.25) is 5.02 Å². The van der Waals surface area contributed by atoms with E-state index in [4.69, 9.17) is 16.0 Å². The minimum Gasteiger partial charge on any atom is -0.451 e. The van der Waals surface area contributed by atoms with Gasteiger partial charge in [0.1, 0.15) is 5.58 Å². The van der Waals surface area contributed by atoms with Crippen molar-refractivity contribution in [3.8, 4) is 0 Å². The van der Waals surface area contributed by atoms with Gasteiger partial charge < -0.3 is 9.32 Å². The number of allylic oxidation sites excluding steroid dienone is 1. The van der Waals surface area contributed by atoms with E-state index in [2.05, 4.69) is 49.2 Å². The third-order valence-corrected chi connectivity index (χ3v) is 6.04. The van der Waals surface area contributed by atoms with Crippen molar-refractivity contribution < 1.29 is 14.1 Å². The minimum absolute atomic E-state index is 0.00113. The number of furan rings is 1. The first-order valence-corrected chi connectivity index (χ1v) is 10.8. The maximum atomic E-state index is 12.4. The molecule has 0 fully saturated rings. The van der Waals surface area contributed by atoms with Gasteiger partial charge in [-0.1, -0.05) is 17.7 Å². The first kappa shape index (κ1) is 22.5. The van der Waals surface area contributed by atoms with E-state index in [-0.39, 0.29) is 17.0 Å². The van der Waals surface area contributed by atoms with Gasteiger partial charge >= 0.3 is 5.91 Å². The molecule has 1 N–H and O–H groups in total. The molecule has 1 aliphatic rings. The van der Waals surface area contributed by atoms with Crippen LogP contribution in [0, 0.1) is 10.1 Å². The van der Waals surface area contributed by atoms with Crippen LogP contribution in [-0.2, 0) is 0 Å². The first-order chi connectivity index (χ1) is 15.6. The number of hydrazone groups is 1. The van der Waals surface area contributed by atoms with E-state index in [0.717, 1.165) is 23.4 Å². The number of nitro groups is 1. The molecule has 1 amide bonds. The Bertz CT molecular complexity index is 1340. The summed E-state index contributed by atoms with van der Waals surface area (Å²) in [6.45, 7) is 9.34. The lowest BCUT2D eigenvalue weighted by atomic mass is 9.88. The molecular formula is C24H23ClN4O4. The molecule has 0 bridgehead atoms. The number of hydrogen-bond acceptors (Lipinski definition) is 6. The number of nitro benzene ring substituents is 1. The van der Waals surface area contributed by atoms with E-state index in [1.807, 2.05) is 12.1 Å². The molecule has 0 atom stereocenters. The highest BCUT2D eigenvalue weighted by atomic mass is 35.5. The molecule has 8 nitrogen and oxygen atoms in total. The van der Waals surface area contributed by atoms with Crippen LogP contribution in [0.3, 0.4) is 0 Å². The molecule has 1 aromatic heterocycles. The van der Waals surface area contributed by atoms with E-state index in [9.17, 15) is 14.9 Å². The molecule has 0 spiro atoms. The summed E-state index contributed by atoms with van der Waals surface area (Å²) in [5, 5.41) is 15.9. The molecule has 2 heterocycles. The van der Waals surface area contributed by atoms with E-state index in [1.54, 1.807) is 0 Å². The fourth-order valence-electron chi connectivity index (χ4n) is 4.26. The van der Waals surface area contributed by atoms with Gasteiger partial charge in [0.05, 0.1) is 21.7 Å². The van der Waals surface area contributed by atoms with Crippen LogP contribution in [-0.4, -0.2) is 29.1 Å². The maximum absolute atomic E-state index is 12.4. The Kier molecular flexibility index (Phi) is 5.71. The highest BCUT2D eigenvalue weighted by Gasteiger charge is 2.30. The van der Waals surface area contributed by atoms with Crippen molar-refractivity contribution in [1.29, 1.82) is 0 Å². The number of nitrogens with one attached hydrogen (secondary N) is 1. The molecule has 1 aliphatic heterocycles. The molecule has 33 heavy (non-hydrogen) atoms. The van der Waals surface area contributed by atoms with E-state index < -0.39 is 10.8 Å². The standard InChI is InChI=1S/C24H23ClN4O4/c1-5-28-20-11-19(25)16(9-18(20)14(2)12-24(28,3)4)13-26-27-23(30)22-10-15-8-17(29(31)32)6-7-21(15)33-22/h6-13H,5H2,1-4H3,(H,27,30)/b26-13-. The SMILES string of the molecule is CCN1c2cc(Cl)c(/C=N\NC(=O)c3cc4cc([N+](=O)[O-])ccc4o3)cc2C(C)=CC1(C)C. The molecule has 0 saturated heterocycles. The zero-order valence-corrected chi connectivity index (χ0v) is 19.4. The van der Waals surface area contributed by atoms with Crippen LogP contribution in [0.15, 0.2) is 52.0 Å². The van der Waals surface area contributed by atoms with Gasteiger partial charge in [-0.3, -0.25) is 14.9 Å². The predicted octanol–water partition coefficient (Wildman–Crippen LogP) is 5.78. The lowest BCUT2D eigenvalue weighted by molar-refractivity contribution is -0.384. The Hall–Kier alpha value is -3.65. The highest BCUT2D eigenvalue weighted by Crippen LogP contribution is 2.40. The second-order valence-electron chi connectivity index (χ2n) is 8.41. The Morgan fingerprint density at radius 3 is 2.76 bits per heavy atom. The lowest BCUT2D eigenvalue weighted by Gasteiger charge is -2.43. The van der Waals surface area contributed by atoms with Crippen molar-refractivity contribution in [1.82, 2.24) is 5.43 Å². The average molecular weight is 467 g/mol. The Balaban J connectivity index is 1.55. The number of carbonyl (C=O) groups is 1. The Morgan fingerprint density at radius 1 is 1.30 bits per heavy atom. The highest BCUT2D eigenvalue weighted by molar-refractivity contribution is 6.33. The molecule has 0 unspecified atom stereocenters. The number of amides is 1. The summed E-state index contributed by atoms with van der Waals surface area (Å²) < 4.78 is 5.48. The largest absolute Gasteiger partial charge is 0.451 e. The second-order valence-corrected chi connectivity index (χ2v) is 8.81. The molecule has 0 radical (unpaired) electrons. The topological polar surface area (TPSA) is 101 Å². The molecule has 9 heteroatoms. The fourth-order valence-corrected chi connectivity index (χ4v) is 4.47. The van der Waals surface area contributed by atoms with Gasteiger partial charge in [-0.05, 0) is 57.5 Å². The van der Waals surface area contributed by atoms with Gasteiger partial charge in [0.15, 0.2) is 5.76 Å². The summed E-state index contributed by atoms with van der Waals surface area (Å²) in [6.07, 6.45) is 3.71. The summed E-state index contributed by atoms with van der Waals surface area (Å²) in [6, 6.07) is 9.44.